The van der Waals surface area contributed by atoms with Gasteiger partial charge in [-0.05, 0) is 30.0 Å². The molecule has 0 aliphatic heterocycles. The summed E-state index contributed by atoms with van der Waals surface area (Å²) in [5.41, 5.74) is 2.23. The molecule has 2 aromatic rings. The van der Waals surface area contributed by atoms with Crippen molar-refractivity contribution in [2.75, 3.05) is 0 Å². The summed E-state index contributed by atoms with van der Waals surface area (Å²) < 4.78 is 4.93. The van der Waals surface area contributed by atoms with Gasteiger partial charge in [-0.25, -0.2) is 0 Å². The number of nitrogens with one attached hydrogen (secondary N) is 1. The van der Waals surface area contributed by atoms with E-state index in [-0.39, 0.29) is 6.04 Å². The molecule has 2 N–H and O–H groups in total. The number of rotatable bonds is 3. The van der Waals surface area contributed by atoms with Gasteiger partial charge in [0, 0.05) is 13.0 Å². The Bertz CT molecular complexity index is 565. The first-order valence-corrected chi connectivity index (χ1v) is 6.07. The second-order valence-corrected chi connectivity index (χ2v) is 4.55. The predicted octanol–water partition coefficient (Wildman–Crippen LogP) is 1.86. The van der Waals surface area contributed by atoms with E-state index in [2.05, 4.69) is 21.5 Å². The van der Waals surface area contributed by atoms with Crippen LogP contribution in [0.4, 0.5) is 0 Å². The van der Waals surface area contributed by atoms with Gasteiger partial charge in [0.15, 0.2) is 5.82 Å². The van der Waals surface area contributed by atoms with Crippen LogP contribution in [0.25, 0.3) is 0 Å². The fraction of sp³-hybridized carbons (Fsp3) is 0.385. The van der Waals surface area contributed by atoms with E-state index in [0.717, 1.165) is 18.4 Å². The number of aromatic hydroxyl groups is 1. The zero-order chi connectivity index (χ0) is 12.5. The molecule has 1 atom stereocenters. The molecule has 0 bridgehead atoms. The average Bonchev–Trinajstić information content (AvgIpc) is 2.94. The molecule has 1 aliphatic carbocycles. The number of fused-ring (bicyclic) bond motifs is 1. The van der Waals surface area contributed by atoms with Gasteiger partial charge in [-0.1, -0.05) is 17.3 Å². The molecule has 1 aliphatic rings. The van der Waals surface area contributed by atoms with E-state index < -0.39 is 0 Å². The highest BCUT2D eigenvalue weighted by Gasteiger charge is 2.24. The minimum Gasteiger partial charge on any atom is -0.508 e. The topological polar surface area (TPSA) is 71.2 Å². The van der Waals surface area contributed by atoms with Crippen molar-refractivity contribution >= 4 is 0 Å². The Labute approximate surface area is 105 Å². The molecule has 5 nitrogen and oxygen atoms in total. The summed E-state index contributed by atoms with van der Waals surface area (Å²) in [6, 6.07) is 5.93. The minimum absolute atomic E-state index is 0.255. The van der Waals surface area contributed by atoms with Gasteiger partial charge in [0.2, 0.25) is 5.89 Å². The third-order valence-electron chi connectivity index (χ3n) is 3.32. The highest BCUT2D eigenvalue weighted by molar-refractivity contribution is 5.44. The Morgan fingerprint density at radius 2 is 2.39 bits per heavy atom. The summed E-state index contributed by atoms with van der Waals surface area (Å²) in [6.45, 7) is 2.36. The summed E-state index contributed by atoms with van der Waals surface area (Å²) in [5, 5.41) is 17.0. The van der Waals surface area contributed by atoms with Crippen LogP contribution in [0.2, 0.25) is 0 Å². The van der Waals surface area contributed by atoms with Gasteiger partial charge in [0.25, 0.3) is 0 Å². The van der Waals surface area contributed by atoms with Gasteiger partial charge in [0.1, 0.15) is 5.75 Å². The van der Waals surface area contributed by atoms with Crippen LogP contribution in [0.15, 0.2) is 22.7 Å². The van der Waals surface area contributed by atoms with E-state index in [1.807, 2.05) is 6.07 Å². The average molecular weight is 245 g/mol. The molecule has 0 amide bonds. The normalized spacial score (nSPS) is 17.9. The Kier molecular flexibility index (Phi) is 2.76. The van der Waals surface area contributed by atoms with Crippen molar-refractivity contribution in [3.8, 4) is 5.75 Å². The van der Waals surface area contributed by atoms with Crippen molar-refractivity contribution in [3.63, 3.8) is 0 Å². The molecule has 1 aromatic heterocycles. The molecule has 3 rings (SSSR count). The molecule has 5 heteroatoms. The summed E-state index contributed by atoms with van der Waals surface area (Å²) in [6.07, 6.45) is 1.90. The highest BCUT2D eigenvalue weighted by atomic mass is 16.5. The number of hydrogen-bond donors (Lipinski definition) is 2. The maximum absolute atomic E-state index is 9.77. The summed E-state index contributed by atoms with van der Waals surface area (Å²) in [4.78, 5) is 4.16. The van der Waals surface area contributed by atoms with Crippen molar-refractivity contribution in [1.29, 1.82) is 0 Å². The second-order valence-electron chi connectivity index (χ2n) is 4.55. The molecule has 0 spiro atoms. The first-order chi connectivity index (χ1) is 8.74. The van der Waals surface area contributed by atoms with E-state index in [1.54, 1.807) is 13.0 Å². The second kappa shape index (κ2) is 4.42. The summed E-state index contributed by atoms with van der Waals surface area (Å²) >= 11 is 0. The first-order valence-electron chi connectivity index (χ1n) is 6.07. The van der Waals surface area contributed by atoms with Crippen LogP contribution in [-0.2, 0) is 13.0 Å². The standard InChI is InChI=1S/C13H15N3O2/c1-8-15-13(16-18-8)7-14-11-6-5-10-9(11)3-2-4-12(10)17/h2-4,11,14,17H,5-7H2,1H3. The SMILES string of the molecule is Cc1nc(CNC2CCc3c(O)cccc32)no1. The fourth-order valence-corrected chi connectivity index (χ4v) is 2.47. The van der Waals surface area contributed by atoms with Crippen LogP contribution in [0.3, 0.4) is 0 Å². The van der Waals surface area contributed by atoms with Crippen molar-refractivity contribution in [2.45, 2.75) is 32.4 Å². The molecule has 1 aromatic carbocycles. The van der Waals surface area contributed by atoms with Crippen LogP contribution in [0.5, 0.6) is 5.75 Å². The molecule has 0 radical (unpaired) electrons. The third kappa shape index (κ3) is 1.97. The van der Waals surface area contributed by atoms with Gasteiger partial charge in [-0.3, -0.25) is 0 Å². The molecule has 1 unspecified atom stereocenters. The van der Waals surface area contributed by atoms with Gasteiger partial charge < -0.3 is 14.9 Å². The monoisotopic (exact) mass is 245 g/mol. The number of benzene rings is 1. The molecule has 94 valence electrons. The molecule has 18 heavy (non-hydrogen) atoms. The first kappa shape index (κ1) is 11.2. The quantitative estimate of drug-likeness (QED) is 0.863. The van der Waals surface area contributed by atoms with Crippen molar-refractivity contribution in [2.24, 2.45) is 0 Å². The van der Waals surface area contributed by atoms with Crippen molar-refractivity contribution in [1.82, 2.24) is 15.5 Å². The van der Waals surface area contributed by atoms with Crippen LogP contribution < -0.4 is 5.32 Å². The number of nitrogens with zero attached hydrogens (tertiary/aromatic N) is 2. The van der Waals surface area contributed by atoms with Crippen molar-refractivity contribution < 1.29 is 9.63 Å². The van der Waals surface area contributed by atoms with Gasteiger partial charge in [0.05, 0.1) is 6.54 Å². The lowest BCUT2D eigenvalue weighted by molar-refractivity contribution is 0.383. The number of phenolic OH excluding ortho intramolecular Hbond substituents is 1. The van der Waals surface area contributed by atoms with Gasteiger partial charge in [-0.15, -0.1) is 0 Å². The van der Waals surface area contributed by atoms with E-state index in [1.165, 1.54) is 5.56 Å². The number of phenols is 1. The Morgan fingerprint density at radius 1 is 1.50 bits per heavy atom. The third-order valence-corrected chi connectivity index (χ3v) is 3.32. The molecule has 1 heterocycles. The lowest BCUT2D eigenvalue weighted by atomic mass is 10.1. The van der Waals surface area contributed by atoms with E-state index in [9.17, 15) is 5.11 Å². The predicted molar refractivity (Wildman–Crippen MR) is 65.0 cm³/mol. The zero-order valence-electron chi connectivity index (χ0n) is 10.2. The maximum atomic E-state index is 9.77. The Hall–Kier alpha value is -1.88. The van der Waals surface area contributed by atoms with Gasteiger partial charge in [-0.2, -0.15) is 4.98 Å². The van der Waals surface area contributed by atoms with Crippen LogP contribution >= 0.6 is 0 Å². The van der Waals surface area contributed by atoms with Crippen LogP contribution in [-0.4, -0.2) is 15.2 Å². The van der Waals surface area contributed by atoms with Gasteiger partial charge >= 0.3 is 0 Å². The van der Waals surface area contributed by atoms with Crippen LogP contribution in [0.1, 0.15) is 35.3 Å². The van der Waals surface area contributed by atoms with Crippen LogP contribution in [0, 0.1) is 6.92 Å². The lowest BCUT2D eigenvalue weighted by Crippen LogP contribution is -2.19. The number of aryl methyl sites for hydroxylation is 1. The molecular weight excluding hydrogens is 230 g/mol. The maximum Gasteiger partial charge on any atom is 0.223 e. The van der Waals surface area contributed by atoms with E-state index in [4.69, 9.17) is 4.52 Å². The molecule has 0 fully saturated rings. The fourth-order valence-electron chi connectivity index (χ4n) is 2.47. The largest absolute Gasteiger partial charge is 0.508 e. The molecule has 0 saturated carbocycles. The Morgan fingerprint density at radius 3 is 3.17 bits per heavy atom. The summed E-state index contributed by atoms with van der Waals surface area (Å²) in [7, 11) is 0. The Balaban J connectivity index is 1.71. The highest BCUT2D eigenvalue weighted by Crippen LogP contribution is 2.36. The minimum atomic E-state index is 0.255. The van der Waals surface area contributed by atoms with E-state index >= 15 is 0 Å². The lowest BCUT2D eigenvalue weighted by Gasteiger charge is -2.12. The summed E-state index contributed by atoms with van der Waals surface area (Å²) in [5.74, 6) is 1.64. The zero-order valence-corrected chi connectivity index (χ0v) is 10.2. The van der Waals surface area contributed by atoms with E-state index in [0.29, 0.717) is 24.0 Å². The van der Waals surface area contributed by atoms with Crippen molar-refractivity contribution in [3.05, 3.63) is 41.0 Å². The number of aromatic nitrogens is 2. The molecular formula is C13H15N3O2. The molecule has 0 saturated heterocycles. The smallest absolute Gasteiger partial charge is 0.223 e. The number of hydrogen-bond acceptors (Lipinski definition) is 5.